The summed E-state index contributed by atoms with van der Waals surface area (Å²) in [4.78, 5) is 29.5. The van der Waals surface area contributed by atoms with Gasteiger partial charge in [0.2, 0.25) is 0 Å². The van der Waals surface area contributed by atoms with E-state index >= 15 is 0 Å². The number of hydrogen-bond acceptors (Lipinski definition) is 3. The fourth-order valence-corrected chi connectivity index (χ4v) is 3.74. The number of amides is 1. The topological polar surface area (TPSA) is 74.8 Å². The molecule has 11 heteroatoms. The number of hydrogen-bond donors (Lipinski definition) is 2. The van der Waals surface area contributed by atoms with Crippen LogP contribution in [0.3, 0.4) is 0 Å². The summed E-state index contributed by atoms with van der Waals surface area (Å²) < 4.78 is 64.9. The molecule has 2 aromatic carbocycles. The van der Waals surface area contributed by atoms with Gasteiger partial charge in [-0.2, -0.15) is 0 Å². The molecule has 1 atom stereocenters. The van der Waals surface area contributed by atoms with Crippen LogP contribution in [0.25, 0.3) is 11.4 Å². The van der Waals surface area contributed by atoms with Gasteiger partial charge in [-0.25, -0.2) is 4.98 Å². The lowest BCUT2D eigenvalue weighted by molar-refractivity contribution is 0.0920. The molecule has 3 rings (SSSR count). The molecular formula is C21H20F5N3O2S. The van der Waals surface area contributed by atoms with Crippen molar-refractivity contribution in [1.29, 1.82) is 0 Å². The Morgan fingerprint density at radius 2 is 1.56 bits per heavy atom. The van der Waals surface area contributed by atoms with Crippen molar-refractivity contribution in [3.63, 3.8) is 0 Å². The summed E-state index contributed by atoms with van der Waals surface area (Å²) in [6.45, 7) is 3.40. The lowest BCUT2D eigenvalue weighted by Gasteiger charge is -2.40. The van der Waals surface area contributed by atoms with Crippen molar-refractivity contribution in [3.05, 3.63) is 82.3 Å². The van der Waals surface area contributed by atoms with Gasteiger partial charge in [-0.15, -0.1) is 0 Å². The summed E-state index contributed by atoms with van der Waals surface area (Å²) in [6.07, 6.45) is 0. The standard InChI is InChI=1S/C21H20F5N3O2S/c1-13(2)19(14-8-10-16(11-9-14)32(22,23,24,25)26)29-21(31)17-12-18(30)28-20(27-17)15-6-4-3-5-7-15/h3-13,19H,1-2H3,(H,29,31)(H,27,28,30)/t19-/m1/s1. The molecule has 32 heavy (non-hydrogen) atoms. The van der Waals surface area contributed by atoms with Gasteiger partial charge in [0.05, 0.1) is 6.04 Å². The van der Waals surface area contributed by atoms with Crippen LogP contribution < -0.4 is 10.9 Å². The minimum Gasteiger partial charge on any atom is -0.344 e. The van der Waals surface area contributed by atoms with E-state index < -0.39 is 32.6 Å². The first kappa shape index (κ1) is 23.5. The Bertz CT molecular complexity index is 1200. The molecule has 0 unspecified atom stereocenters. The Hall–Kier alpha value is -3.21. The third-order valence-corrected chi connectivity index (χ3v) is 5.82. The average molecular weight is 473 g/mol. The van der Waals surface area contributed by atoms with E-state index in [0.29, 0.717) is 17.7 Å². The minimum atomic E-state index is -9.80. The molecule has 0 aliphatic heterocycles. The van der Waals surface area contributed by atoms with Crippen LogP contribution in [0.1, 0.15) is 35.9 Å². The quantitative estimate of drug-likeness (QED) is 0.417. The summed E-state index contributed by atoms with van der Waals surface area (Å²) in [7, 11) is -9.80. The molecular weight excluding hydrogens is 453 g/mol. The lowest BCUT2D eigenvalue weighted by Crippen LogP contribution is -2.33. The van der Waals surface area contributed by atoms with E-state index in [4.69, 9.17) is 0 Å². The number of aromatic amines is 1. The van der Waals surface area contributed by atoms with Crippen LogP contribution in [-0.4, -0.2) is 15.9 Å². The van der Waals surface area contributed by atoms with Crippen molar-refractivity contribution >= 4 is 16.1 Å². The van der Waals surface area contributed by atoms with E-state index in [1.807, 2.05) is 0 Å². The number of carbonyl (C=O) groups is 1. The van der Waals surface area contributed by atoms with Gasteiger partial charge in [-0.3, -0.25) is 9.59 Å². The third-order valence-electron chi connectivity index (χ3n) is 4.66. The summed E-state index contributed by atoms with van der Waals surface area (Å²) in [5, 5.41) is 2.62. The first-order chi connectivity index (χ1) is 14.6. The molecule has 0 radical (unpaired) electrons. The maximum Gasteiger partial charge on any atom is 0.310 e. The van der Waals surface area contributed by atoms with Crippen LogP contribution in [0.15, 0.2) is 70.4 Å². The van der Waals surface area contributed by atoms with E-state index in [9.17, 15) is 29.0 Å². The SMILES string of the molecule is CC(C)[C@@H](NC(=O)c1cc(=O)[nH]c(-c2ccccc2)n1)c1ccc(S(F)(F)(F)(F)F)cc1. The number of nitrogens with zero attached hydrogens (tertiary/aromatic N) is 1. The highest BCUT2D eigenvalue weighted by atomic mass is 32.5. The molecule has 0 saturated heterocycles. The maximum absolute atomic E-state index is 13.0. The van der Waals surface area contributed by atoms with Gasteiger partial charge in [-0.1, -0.05) is 75.7 Å². The number of halogens is 5. The maximum atomic E-state index is 13.0. The molecule has 0 saturated carbocycles. The van der Waals surface area contributed by atoms with Crippen LogP contribution in [0.5, 0.6) is 0 Å². The Morgan fingerprint density at radius 3 is 2.09 bits per heavy atom. The van der Waals surface area contributed by atoms with E-state index in [0.717, 1.165) is 18.2 Å². The van der Waals surface area contributed by atoms with E-state index in [1.54, 1.807) is 44.2 Å². The van der Waals surface area contributed by atoms with Crippen LogP contribution in [0, 0.1) is 5.92 Å². The zero-order valence-corrected chi connectivity index (χ0v) is 17.8. The fourth-order valence-electron chi connectivity index (χ4n) is 3.09. The van der Waals surface area contributed by atoms with Gasteiger partial charge in [0.1, 0.15) is 16.4 Å². The van der Waals surface area contributed by atoms with Crippen LogP contribution in [0.4, 0.5) is 19.4 Å². The van der Waals surface area contributed by atoms with Crippen molar-refractivity contribution in [2.75, 3.05) is 0 Å². The third kappa shape index (κ3) is 5.52. The second-order valence-electron chi connectivity index (χ2n) is 7.58. The molecule has 1 aromatic heterocycles. The first-order valence-corrected chi connectivity index (χ1v) is 11.4. The van der Waals surface area contributed by atoms with Crippen molar-refractivity contribution < 1.29 is 24.2 Å². The molecule has 0 aliphatic rings. The van der Waals surface area contributed by atoms with E-state index in [1.165, 1.54) is 0 Å². The fraction of sp³-hybridized carbons (Fsp3) is 0.190. The molecule has 1 heterocycles. The normalized spacial score (nSPS) is 15.0. The van der Waals surface area contributed by atoms with Crippen LogP contribution in [0.2, 0.25) is 0 Å². The van der Waals surface area contributed by atoms with Crippen molar-refractivity contribution in [2.45, 2.75) is 24.8 Å². The number of carbonyl (C=O) groups excluding carboxylic acids is 1. The largest absolute Gasteiger partial charge is 0.344 e. The van der Waals surface area contributed by atoms with E-state index in [-0.39, 0.29) is 23.0 Å². The number of H-pyrrole nitrogens is 1. The summed E-state index contributed by atoms with van der Waals surface area (Å²) in [6, 6.07) is 11.2. The Kier molecular flexibility index (Phi) is 5.45. The zero-order chi connectivity index (χ0) is 23.8. The van der Waals surface area contributed by atoms with Crippen molar-refractivity contribution in [1.82, 2.24) is 15.3 Å². The average Bonchev–Trinajstić information content (AvgIpc) is 2.70. The highest BCUT2D eigenvalue weighted by Gasteiger charge is 2.65. The second-order valence-corrected chi connectivity index (χ2v) is 9.99. The lowest BCUT2D eigenvalue weighted by atomic mass is 9.96. The highest BCUT2D eigenvalue weighted by Crippen LogP contribution is 3.02. The number of aromatic nitrogens is 2. The van der Waals surface area contributed by atoms with Gasteiger partial charge in [0, 0.05) is 11.6 Å². The monoisotopic (exact) mass is 473 g/mol. The van der Waals surface area contributed by atoms with Gasteiger partial charge in [-0.05, 0) is 23.6 Å². The molecule has 0 aliphatic carbocycles. The minimum absolute atomic E-state index is 0.171. The molecule has 3 aromatic rings. The first-order valence-electron chi connectivity index (χ1n) is 9.46. The van der Waals surface area contributed by atoms with Gasteiger partial charge >= 0.3 is 10.2 Å². The zero-order valence-electron chi connectivity index (χ0n) is 17.0. The Morgan fingerprint density at radius 1 is 0.969 bits per heavy atom. The van der Waals surface area contributed by atoms with Gasteiger partial charge < -0.3 is 10.3 Å². The molecule has 1 amide bonds. The number of rotatable bonds is 6. The predicted octanol–water partition coefficient (Wildman–Crippen LogP) is 6.22. The van der Waals surface area contributed by atoms with Gasteiger partial charge in [0.15, 0.2) is 0 Å². The highest BCUT2D eigenvalue weighted by molar-refractivity contribution is 8.45. The molecule has 5 nitrogen and oxygen atoms in total. The summed E-state index contributed by atoms with van der Waals surface area (Å²) >= 11 is 0. The Balaban J connectivity index is 1.90. The van der Waals surface area contributed by atoms with Crippen molar-refractivity contribution in [2.24, 2.45) is 5.92 Å². The molecule has 172 valence electrons. The van der Waals surface area contributed by atoms with Gasteiger partial charge in [0.25, 0.3) is 11.5 Å². The summed E-state index contributed by atoms with van der Waals surface area (Å²) in [5.74, 6) is -0.867. The molecule has 0 bridgehead atoms. The molecule has 0 fully saturated rings. The molecule has 0 spiro atoms. The Labute approximate surface area is 180 Å². The van der Waals surface area contributed by atoms with Crippen molar-refractivity contribution in [3.8, 4) is 11.4 Å². The van der Waals surface area contributed by atoms with E-state index in [2.05, 4.69) is 15.3 Å². The number of benzene rings is 2. The van der Waals surface area contributed by atoms with Crippen LogP contribution >= 0.6 is 10.2 Å². The summed E-state index contributed by atoms with van der Waals surface area (Å²) in [5.41, 5.74) is 0.0190. The second kappa shape index (κ2) is 7.44. The number of nitrogens with one attached hydrogen (secondary N) is 2. The smallest absolute Gasteiger partial charge is 0.310 e. The predicted molar refractivity (Wildman–Crippen MR) is 113 cm³/mol. The molecule has 2 N–H and O–H groups in total. The van der Waals surface area contributed by atoms with Crippen LogP contribution in [-0.2, 0) is 0 Å².